The summed E-state index contributed by atoms with van der Waals surface area (Å²) in [5, 5.41) is 0. The van der Waals surface area contributed by atoms with Gasteiger partial charge in [0, 0.05) is 12.5 Å². The zero-order valence-electron chi connectivity index (χ0n) is 10.8. The van der Waals surface area contributed by atoms with E-state index < -0.39 is 11.8 Å². The fourth-order valence-corrected chi connectivity index (χ4v) is 1.61. The predicted molar refractivity (Wildman–Crippen MR) is 63.3 cm³/mol. The zero-order chi connectivity index (χ0) is 12.9. The van der Waals surface area contributed by atoms with Gasteiger partial charge in [-0.2, -0.15) is 0 Å². The van der Waals surface area contributed by atoms with Crippen LogP contribution in [-0.4, -0.2) is 31.3 Å². The molecule has 1 saturated carbocycles. The fraction of sp³-hybridized carbons (Fsp3) is 0.846. The summed E-state index contributed by atoms with van der Waals surface area (Å²) in [6, 6.07) is 0. The summed E-state index contributed by atoms with van der Waals surface area (Å²) in [7, 11) is 0. The molecule has 0 aromatic rings. The fourth-order valence-electron chi connectivity index (χ4n) is 1.61. The van der Waals surface area contributed by atoms with Crippen LogP contribution in [0.5, 0.6) is 0 Å². The first-order valence-electron chi connectivity index (χ1n) is 6.26. The van der Waals surface area contributed by atoms with Gasteiger partial charge >= 0.3 is 0 Å². The van der Waals surface area contributed by atoms with Crippen molar-refractivity contribution in [2.75, 3.05) is 13.2 Å². The van der Waals surface area contributed by atoms with Crippen molar-refractivity contribution in [1.82, 2.24) is 0 Å². The smallest absolute Gasteiger partial charge is 0.268 e. The monoisotopic (exact) mass is 248 g/mol. The van der Waals surface area contributed by atoms with Crippen LogP contribution in [0.25, 0.3) is 0 Å². The first-order valence-corrected chi connectivity index (χ1v) is 6.26. The lowest BCUT2D eigenvalue weighted by atomic mass is 9.92. The van der Waals surface area contributed by atoms with Gasteiger partial charge in [0.2, 0.25) is 0 Å². The molecule has 17 heavy (non-hydrogen) atoms. The van der Waals surface area contributed by atoms with E-state index >= 15 is 0 Å². The van der Waals surface area contributed by atoms with Crippen LogP contribution in [0.2, 0.25) is 0 Å². The van der Waals surface area contributed by atoms with Gasteiger partial charge in [-0.25, -0.2) is 8.78 Å². The third-order valence-electron chi connectivity index (χ3n) is 3.05. The molecule has 100 valence electrons. The van der Waals surface area contributed by atoms with Gasteiger partial charge < -0.3 is 9.47 Å². The number of halogens is 2. The normalized spacial score (nSPS) is 25.5. The van der Waals surface area contributed by atoms with Crippen molar-refractivity contribution < 1.29 is 18.3 Å². The summed E-state index contributed by atoms with van der Waals surface area (Å²) in [6.45, 7) is 5.85. The number of ether oxygens (including phenoxy) is 2. The Bertz CT molecular complexity index is 252. The standard InChI is InChI=1S/C13H22F2O2/c1-4-16-11-6-7-12(11)17-9-5-8-13(14,15)10(2)3/h5,8,10-12H,4,6-7,9H2,1-3H3/b8-5+. The Hall–Kier alpha value is -0.480. The Kier molecular flexibility index (Phi) is 5.53. The lowest BCUT2D eigenvalue weighted by molar-refractivity contribution is -0.119. The minimum Gasteiger partial charge on any atom is -0.376 e. The van der Waals surface area contributed by atoms with Crippen LogP contribution in [0, 0.1) is 5.92 Å². The van der Waals surface area contributed by atoms with Gasteiger partial charge in [-0.1, -0.05) is 19.9 Å². The van der Waals surface area contributed by atoms with Crippen LogP contribution in [0.4, 0.5) is 8.78 Å². The highest BCUT2D eigenvalue weighted by Gasteiger charge is 2.32. The van der Waals surface area contributed by atoms with Gasteiger partial charge in [-0.05, 0) is 25.8 Å². The Morgan fingerprint density at radius 3 is 2.29 bits per heavy atom. The van der Waals surface area contributed by atoms with Crippen molar-refractivity contribution in [1.29, 1.82) is 0 Å². The van der Waals surface area contributed by atoms with Crippen LogP contribution in [0.3, 0.4) is 0 Å². The molecule has 0 heterocycles. The van der Waals surface area contributed by atoms with Crippen molar-refractivity contribution >= 4 is 0 Å². The minimum atomic E-state index is -2.75. The first kappa shape index (κ1) is 14.6. The second-order valence-corrected chi connectivity index (χ2v) is 4.67. The lowest BCUT2D eigenvalue weighted by Gasteiger charge is -2.35. The average molecular weight is 248 g/mol. The summed E-state index contributed by atoms with van der Waals surface area (Å²) < 4.78 is 37.3. The maximum Gasteiger partial charge on any atom is 0.268 e. The Morgan fingerprint density at radius 1 is 1.24 bits per heavy atom. The molecule has 0 bridgehead atoms. The highest BCUT2D eigenvalue weighted by atomic mass is 19.3. The molecule has 0 aliphatic heterocycles. The number of hydrogen-bond donors (Lipinski definition) is 0. The molecular formula is C13H22F2O2. The number of rotatable bonds is 7. The number of hydrogen-bond acceptors (Lipinski definition) is 2. The van der Waals surface area contributed by atoms with Gasteiger partial charge in [0.1, 0.15) is 0 Å². The van der Waals surface area contributed by atoms with Gasteiger partial charge in [-0.3, -0.25) is 0 Å². The van der Waals surface area contributed by atoms with E-state index in [-0.39, 0.29) is 18.8 Å². The van der Waals surface area contributed by atoms with Crippen molar-refractivity contribution in [3.63, 3.8) is 0 Å². The van der Waals surface area contributed by atoms with Gasteiger partial charge in [-0.15, -0.1) is 0 Å². The second-order valence-electron chi connectivity index (χ2n) is 4.67. The Labute approximate surface area is 102 Å². The van der Waals surface area contributed by atoms with Crippen molar-refractivity contribution in [2.24, 2.45) is 5.92 Å². The molecule has 0 aromatic heterocycles. The SMILES string of the molecule is CCOC1CCC1OC/C=C/C(F)(F)C(C)C. The summed E-state index contributed by atoms with van der Waals surface area (Å²) in [5.74, 6) is -3.43. The molecule has 0 N–H and O–H groups in total. The summed E-state index contributed by atoms with van der Waals surface area (Å²) in [6.07, 6.45) is 4.53. The molecular weight excluding hydrogens is 226 g/mol. The van der Waals surface area contributed by atoms with Gasteiger partial charge in [0.15, 0.2) is 0 Å². The van der Waals surface area contributed by atoms with Gasteiger partial charge in [0.05, 0.1) is 18.8 Å². The largest absolute Gasteiger partial charge is 0.376 e. The molecule has 2 atom stereocenters. The van der Waals surface area contributed by atoms with Crippen molar-refractivity contribution in [2.45, 2.75) is 51.7 Å². The quantitative estimate of drug-likeness (QED) is 0.643. The van der Waals surface area contributed by atoms with E-state index in [1.54, 1.807) is 0 Å². The van der Waals surface area contributed by atoms with Crippen molar-refractivity contribution in [3.8, 4) is 0 Å². The summed E-state index contributed by atoms with van der Waals surface area (Å²) in [4.78, 5) is 0. The van der Waals surface area contributed by atoms with Crippen molar-refractivity contribution in [3.05, 3.63) is 12.2 Å². The zero-order valence-corrected chi connectivity index (χ0v) is 10.8. The maximum atomic E-state index is 13.2. The van der Waals surface area contributed by atoms with E-state index in [1.165, 1.54) is 19.9 Å². The molecule has 1 fully saturated rings. The van der Waals surface area contributed by atoms with Gasteiger partial charge in [0.25, 0.3) is 5.92 Å². The average Bonchev–Trinajstić information content (AvgIpc) is 2.23. The summed E-state index contributed by atoms with van der Waals surface area (Å²) in [5.41, 5.74) is 0. The molecule has 0 aromatic carbocycles. The molecule has 0 spiro atoms. The van der Waals surface area contributed by atoms with E-state index in [0.717, 1.165) is 18.9 Å². The molecule has 1 aliphatic rings. The Morgan fingerprint density at radius 2 is 1.82 bits per heavy atom. The minimum absolute atomic E-state index is 0.0762. The van der Waals surface area contributed by atoms with E-state index in [2.05, 4.69) is 0 Å². The second kappa shape index (κ2) is 6.45. The van der Waals surface area contributed by atoms with Crippen LogP contribution in [0.1, 0.15) is 33.6 Å². The van der Waals surface area contributed by atoms with Crippen LogP contribution >= 0.6 is 0 Å². The predicted octanol–water partition coefficient (Wildman–Crippen LogP) is 3.42. The summed E-state index contributed by atoms with van der Waals surface area (Å²) >= 11 is 0. The van der Waals surface area contributed by atoms with Crippen LogP contribution < -0.4 is 0 Å². The van der Waals surface area contributed by atoms with Crippen LogP contribution in [0.15, 0.2) is 12.2 Å². The maximum absolute atomic E-state index is 13.2. The molecule has 1 rings (SSSR count). The molecule has 0 saturated heterocycles. The molecule has 4 heteroatoms. The van der Waals surface area contributed by atoms with E-state index in [1.807, 2.05) is 6.92 Å². The highest BCUT2D eigenvalue weighted by molar-refractivity contribution is 4.97. The Balaban J connectivity index is 2.22. The van der Waals surface area contributed by atoms with E-state index in [0.29, 0.717) is 6.61 Å². The van der Waals surface area contributed by atoms with E-state index in [4.69, 9.17) is 9.47 Å². The highest BCUT2D eigenvalue weighted by Crippen LogP contribution is 2.27. The van der Waals surface area contributed by atoms with E-state index in [9.17, 15) is 8.78 Å². The lowest BCUT2D eigenvalue weighted by Crippen LogP contribution is -2.41. The molecule has 2 unspecified atom stereocenters. The first-order chi connectivity index (χ1) is 7.97. The molecule has 0 amide bonds. The number of alkyl halides is 2. The molecule has 2 nitrogen and oxygen atoms in total. The van der Waals surface area contributed by atoms with Crippen LogP contribution in [-0.2, 0) is 9.47 Å². The molecule has 1 aliphatic carbocycles. The topological polar surface area (TPSA) is 18.5 Å². The third kappa shape index (κ3) is 4.36. The molecule has 0 radical (unpaired) electrons. The number of allylic oxidation sites excluding steroid dienone is 1. The third-order valence-corrected chi connectivity index (χ3v) is 3.05.